The molecule has 0 N–H and O–H groups in total. The average Bonchev–Trinajstić information content (AvgIpc) is 2.61. The summed E-state index contributed by atoms with van der Waals surface area (Å²) in [5, 5.41) is 3.65. The third-order valence-electron chi connectivity index (χ3n) is 3.18. The number of aromatic nitrogens is 1. The normalized spacial score (nSPS) is 13.4. The number of alkyl halides is 2. The third kappa shape index (κ3) is 3.60. The SMILES string of the molecule is CC(C)(C)[Si](C)(C)OCc1cc(C(F)F)on1. The fourth-order valence-corrected chi connectivity index (χ4v) is 1.91. The van der Waals surface area contributed by atoms with E-state index < -0.39 is 20.5 Å². The Morgan fingerprint density at radius 1 is 1.41 bits per heavy atom. The van der Waals surface area contributed by atoms with Crippen LogP contribution in [0.3, 0.4) is 0 Å². The van der Waals surface area contributed by atoms with Gasteiger partial charge in [0.05, 0.1) is 6.61 Å². The predicted octanol–water partition coefficient (Wildman–Crippen LogP) is 4.13. The van der Waals surface area contributed by atoms with Gasteiger partial charge in [-0.1, -0.05) is 25.9 Å². The van der Waals surface area contributed by atoms with Crippen LogP contribution in [0.1, 0.15) is 38.7 Å². The maximum Gasteiger partial charge on any atom is 0.298 e. The summed E-state index contributed by atoms with van der Waals surface area (Å²) < 4.78 is 34.9. The van der Waals surface area contributed by atoms with E-state index in [9.17, 15) is 8.78 Å². The molecule has 0 atom stereocenters. The van der Waals surface area contributed by atoms with E-state index in [1.807, 2.05) is 0 Å². The molecule has 1 rings (SSSR count). The highest BCUT2D eigenvalue weighted by molar-refractivity contribution is 6.74. The van der Waals surface area contributed by atoms with Gasteiger partial charge in [0.1, 0.15) is 5.69 Å². The van der Waals surface area contributed by atoms with E-state index in [0.717, 1.165) is 0 Å². The summed E-state index contributed by atoms with van der Waals surface area (Å²) in [6.07, 6.45) is -2.62. The van der Waals surface area contributed by atoms with Gasteiger partial charge in [0.15, 0.2) is 8.32 Å². The summed E-state index contributed by atoms with van der Waals surface area (Å²) in [5.41, 5.74) is 0.421. The first kappa shape index (κ1) is 14.3. The van der Waals surface area contributed by atoms with Crippen LogP contribution in [-0.4, -0.2) is 13.5 Å². The molecule has 1 heterocycles. The van der Waals surface area contributed by atoms with E-state index in [0.29, 0.717) is 5.69 Å². The van der Waals surface area contributed by atoms with Crippen LogP contribution in [0.15, 0.2) is 10.6 Å². The molecular formula is C11H19F2NO2Si. The quantitative estimate of drug-likeness (QED) is 0.766. The summed E-state index contributed by atoms with van der Waals surface area (Å²) in [7, 11) is -1.87. The summed E-state index contributed by atoms with van der Waals surface area (Å²) in [6.45, 7) is 10.8. The van der Waals surface area contributed by atoms with Gasteiger partial charge in [-0.25, -0.2) is 8.78 Å². The van der Waals surface area contributed by atoms with Crippen LogP contribution >= 0.6 is 0 Å². The highest BCUT2D eigenvalue weighted by Gasteiger charge is 2.37. The third-order valence-corrected chi connectivity index (χ3v) is 7.66. The Balaban J connectivity index is 2.61. The van der Waals surface area contributed by atoms with Crippen molar-refractivity contribution >= 4 is 8.32 Å². The Bertz CT molecular complexity index is 372. The molecule has 0 aliphatic rings. The van der Waals surface area contributed by atoms with Crippen LogP contribution in [0.4, 0.5) is 8.78 Å². The van der Waals surface area contributed by atoms with E-state index in [1.54, 1.807) is 0 Å². The van der Waals surface area contributed by atoms with Crippen LogP contribution < -0.4 is 0 Å². The standard InChI is InChI=1S/C11H19F2NO2Si/c1-11(2,3)17(4,5)15-7-8-6-9(10(12)13)16-14-8/h6,10H,7H2,1-5H3. The second-order valence-electron chi connectivity index (χ2n) is 5.57. The Kier molecular flexibility index (Phi) is 4.09. The molecule has 17 heavy (non-hydrogen) atoms. The fourth-order valence-electron chi connectivity index (χ4n) is 0.970. The van der Waals surface area contributed by atoms with Gasteiger partial charge < -0.3 is 8.95 Å². The number of hydrogen-bond donors (Lipinski definition) is 0. The van der Waals surface area contributed by atoms with Gasteiger partial charge in [-0.15, -0.1) is 0 Å². The molecule has 0 aliphatic carbocycles. The summed E-state index contributed by atoms with van der Waals surface area (Å²) in [4.78, 5) is 0. The van der Waals surface area contributed by atoms with Crippen molar-refractivity contribution in [3.63, 3.8) is 0 Å². The summed E-state index contributed by atoms with van der Waals surface area (Å²) in [6, 6.07) is 1.25. The van der Waals surface area contributed by atoms with Crippen molar-refractivity contribution in [2.45, 2.75) is 51.9 Å². The molecule has 6 heteroatoms. The largest absolute Gasteiger partial charge is 0.411 e. The molecule has 0 bridgehead atoms. The Hall–Kier alpha value is -0.753. The first-order valence-corrected chi connectivity index (χ1v) is 8.42. The lowest BCUT2D eigenvalue weighted by Crippen LogP contribution is -2.40. The zero-order valence-corrected chi connectivity index (χ0v) is 11.9. The molecule has 3 nitrogen and oxygen atoms in total. The van der Waals surface area contributed by atoms with Crippen LogP contribution in [0.25, 0.3) is 0 Å². The van der Waals surface area contributed by atoms with Crippen molar-refractivity contribution in [1.29, 1.82) is 0 Å². The van der Waals surface area contributed by atoms with Gasteiger partial charge in [0, 0.05) is 6.07 Å². The summed E-state index contributed by atoms with van der Waals surface area (Å²) in [5.74, 6) is -0.404. The van der Waals surface area contributed by atoms with Gasteiger partial charge in [-0.2, -0.15) is 0 Å². The Morgan fingerprint density at radius 3 is 2.41 bits per heavy atom. The van der Waals surface area contributed by atoms with Gasteiger partial charge in [-0.3, -0.25) is 0 Å². The number of nitrogens with zero attached hydrogens (tertiary/aromatic N) is 1. The van der Waals surface area contributed by atoms with E-state index in [-0.39, 0.29) is 11.6 Å². The van der Waals surface area contributed by atoms with Crippen LogP contribution in [0.2, 0.25) is 18.1 Å². The Morgan fingerprint density at radius 2 is 2.00 bits per heavy atom. The molecule has 0 fully saturated rings. The highest BCUT2D eigenvalue weighted by atomic mass is 28.4. The van der Waals surface area contributed by atoms with Crippen LogP contribution in [0, 0.1) is 0 Å². The molecule has 0 saturated carbocycles. The number of halogens is 2. The monoisotopic (exact) mass is 263 g/mol. The highest BCUT2D eigenvalue weighted by Crippen LogP contribution is 2.37. The van der Waals surface area contributed by atoms with Crippen molar-refractivity contribution in [3.8, 4) is 0 Å². The zero-order valence-electron chi connectivity index (χ0n) is 10.9. The first-order valence-electron chi connectivity index (χ1n) is 5.51. The van der Waals surface area contributed by atoms with Crippen molar-refractivity contribution in [2.24, 2.45) is 0 Å². The molecule has 1 aromatic rings. The summed E-state index contributed by atoms with van der Waals surface area (Å²) >= 11 is 0. The van der Waals surface area contributed by atoms with Crippen LogP contribution in [-0.2, 0) is 11.0 Å². The molecule has 0 radical (unpaired) electrons. The van der Waals surface area contributed by atoms with E-state index in [1.165, 1.54) is 6.07 Å². The zero-order chi connectivity index (χ0) is 13.3. The number of hydrogen-bond acceptors (Lipinski definition) is 3. The van der Waals surface area contributed by atoms with E-state index >= 15 is 0 Å². The minimum Gasteiger partial charge on any atom is -0.411 e. The maximum atomic E-state index is 12.3. The van der Waals surface area contributed by atoms with Gasteiger partial charge in [-0.05, 0) is 18.1 Å². The molecule has 98 valence electrons. The van der Waals surface area contributed by atoms with Gasteiger partial charge in [0.25, 0.3) is 6.43 Å². The lowest BCUT2D eigenvalue weighted by molar-refractivity contribution is 0.112. The second-order valence-corrected chi connectivity index (χ2v) is 10.4. The predicted molar refractivity (Wildman–Crippen MR) is 63.4 cm³/mol. The Labute approximate surface area is 101 Å². The molecular weight excluding hydrogens is 244 g/mol. The minimum atomic E-state index is -2.62. The van der Waals surface area contributed by atoms with Gasteiger partial charge in [0.2, 0.25) is 5.76 Å². The first-order chi connectivity index (χ1) is 7.63. The fraction of sp³-hybridized carbons (Fsp3) is 0.727. The van der Waals surface area contributed by atoms with E-state index in [4.69, 9.17) is 4.43 Å². The van der Waals surface area contributed by atoms with Crippen molar-refractivity contribution in [2.75, 3.05) is 0 Å². The molecule has 0 aliphatic heterocycles. The average molecular weight is 263 g/mol. The molecule has 0 unspecified atom stereocenters. The second kappa shape index (κ2) is 4.86. The molecule has 0 saturated heterocycles. The minimum absolute atomic E-state index is 0.0856. The van der Waals surface area contributed by atoms with Gasteiger partial charge >= 0.3 is 0 Å². The van der Waals surface area contributed by atoms with Crippen molar-refractivity contribution in [1.82, 2.24) is 5.16 Å². The van der Waals surface area contributed by atoms with Crippen molar-refractivity contribution in [3.05, 3.63) is 17.5 Å². The maximum absolute atomic E-state index is 12.3. The molecule has 1 aromatic heterocycles. The van der Waals surface area contributed by atoms with Crippen LogP contribution in [0.5, 0.6) is 0 Å². The molecule has 0 amide bonds. The topological polar surface area (TPSA) is 35.3 Å². The number of rotatable bonds is 4. The lowest BCUT2D eigenvalue weighted by atomic mass is 10.2. The lowest BCUT2D eigenvalue weighted by Gasteiger charge is -2.35. The smallest absolute Gasteiger partial charge is 0.298 e. The molecule has 0 aromatic carbocycles. The molecule has 0 spiro atoms. The van der Waals surface area contributed by atoms with Crippen molar-refractivity contribution < 1.29 is 17.7 Å². The van der Waals surface area contributed by atoms with E-state index in [2.05, 4.69) is 43.5 Å².